The summed E-state index contributed by atoms with van der Waals surface area (Å²) in [5.74, 6) is -0.157. The average Bonchev–Trinajstić information content (AvgIpc) is 2.56. The van der Waals surface area contributed by atoms with Gasteiger partial charge in [-0.05, 0) is 24.6 Å². The van der Waals surface area contributed by atoms with Crippen LogP contribution in [0.5, 0.6) is 0 Å². The Morgan fingerprint density at radius 3 is 2.09 bits per heavy atom. The summed E-state index contributed by atoms with van der Waals surface area (Å²) in [4.78, 5) is 25.9. The lowest BCUT2D eigenvalue weighted by Crippen LogP contribution is -2.35. The minimum Gasteiger partial charge on any atom is -0.349 e. The molecule has 0 radical (unpaired) electrons. The topological polar surface area (TPSA) is 49.4 Å². The van der Waals surface area contributed by atoms with Crippen LogP contribution in [-0.2, 0) is 9.59 Å². The predicted octanol–water partition coefficient (Wildman–Crippen LogP) is 3.31. The molecule has 0 saturated heterocycles. The molecule has 23 heavy (non-hydrogen) atoms. The highest BCUT2D eigenvalue weighted by atomic mass is 16.2. The molecule has 1 N–H and O–H groups in total. The van der Waals surface area contributed by atoms with E-state index < -0.39 is 0 Å². The number of hydrogen-bond acceptors (Lipinski definition) is 2. The SMILES string of the molecule is CCN(C(=O)CC(NC(C)=O)c1ccccc1)c1ccccc1. The molecule has 2 aromatic carbocycles. The van der Waals surface area contributed by atoms with Crippen LogP contribution in [0.25, 0.3) is 0 Å². The largest absolute Gasteiger partial charge is 0.349 e. The molecular weight excluding hydrogens is 288 g/mol. The van der Waals surface area contributed by atoms with Crippen LogP contribution in [0.3, 0.4) is 0 Å². The van der Waals surface area contributed by atoms with Crippen molar-refractivity contribution in [3.8, 4) is 0 Å². The van der Waals surface area contributed by atoms with E-state index in [4.69, 9.17) is 0 Å². The van der Waals surface area contributed by atoms with Gasteiger partial charge >= 0.3 is 0 Å². The fourth-order valence-electron chi connectivity index (χ4n) is 2.58. The summed E-state index contributed by atoms with van der Waals surface area (Å²) >= 11 is 0. The lowest BCUT2D eigenvalue weighted by atomic mass is 10.0. The number of nitrogens with one attached hydrogen (secondary N) is 1. The van der Waals surface area contributed by atoms with Gasteiger partial charge in [-0.3, -0.25) is 9.59 Å². The summed E-state index contributed by atoms with van der Waals surface area (Å²) in [6, 6.07) is 18.8. The van der Waals surface area contributed by atoms with Crippen molar-refractivity contribution in [2.75, 3.05) is 11.4 Å². The maximum absolute atomic E-state index is 12.7. The molecule has 2 aromatic rings. The molecule has 0 aromatic heterocycles. The first-order chi connectivity index (χ1) is 11.1. The first-order valence-electron chi connectivity index (χ1n) is 7.79. The van der Waals surface area contributed by atoms with Crippen molar-refractivity contribution in [2.45, 2.75) is 26.3 Å². The van der Waals surface area contributed by atoms with Gasteiger partial charge in [-0.2, -0.15) is 0 Å². The number of carbonyl (C=O) groups excluding carboxylic acids is 2. The van der Waals surface area contributed by atoms with Gasteiger partial charge in [-0.15, -0.1) is 0 Å². The molecule has 0 spiro atoms. The monoisotopic (exact) mass is 310 g/mol. The first-order valence-corrected chi connectivity index (χ1v) is 7.79. The number of anilines is 1. The molecule has 0 heterocycles. The van der Waals surface area contributed by atoms with E-state index in [2.05, 4.69) is 5.32 Å². The van der Waals surface area contributed by atoms with Crippen molar-refractivity contribution in [2.24, 2.45) is 0 Å². The van der Waals surface area contributed by atoms with E-state index in [0.717, 1.165) is 11.3 Å². The first kappa shape index (κ1) is 16.7. The fourth-order valence-corrected chi connectivity index (χ4v) is 2.58. The van der Waals surface area contributed by atoms with E-state index >= 15 is 0 Å². The molecule has 2 amide bonds. The minimum absolute atomic E-state index is 0.0127. The Morgan fingerprint density at radius 1 is 1.00 bits per heavy atom. The van der Waals surface area contributed by atoms with Crippen LogP contribution >= 0.6 is 0 Å². The van der Waals surface area contributed by atoms with E-state index in [1.807, 2.05) is 67.6 Å². The lowest BCUT2D eigenvalue weighted by Gasteiger charge is -2.25. The molecular formula is C19H22N2O2. The zero-order valence-corrected chi connectivity index (χ0v) is 13.5. The standard InChI is InChI=1S/C19H22N2O2/c1-3-21(17-12-8-5-9-13-17)19(23)14-18(20-15(2)22)16-10-6-4-7-11-16/h4-13,18H,3,14H2,1-2H3,(H,20,22). The summed E-state index contributed by atoms with van der Waals surface area (Å²) < 4.78 is 0. The Labute approximate surface area is 137 Å². The van der Waals surface area contributed by atoms with Gasteiger partial charge in [0.2, 0.25) is 11.8 Å². The van der Waals surface area contributed by atoms with Crippen molar-refractivity contribution in [1.29, 1.82) is 0 Å². The zero-order chi connectivity index (χ0) is 16.7. The molecule has 0 fully saturated rings. The summed E-state index contributed by atoms with van der Waals surface area (Å²) in [5.41, 5.74) is 1.80. The molecule has 4 heteroatoms. The van der Waals surface area contributed by atoms with Crippen LogP contribution < -0.4 is 10.2 Å². The highest BCUT2D eigenvalue weighted by molar-refractivity contribution is 5.94. The summed E-state index contributed by atoms with van der Waals surface area (Å²) in [6.45, 7) is 4.00. The number of para-hydroxylation sites is 1. The van der Waals surface area contributed by atoms with Gasteiger partial charge in [-0.1, -0.05) is 48.5 Å². The van der Waals surface area contributed by atoms with Crippen LogP contribution in [0.1, 0.15) is 31.9 Å². The Balaban J connectivity index is 2.18. The van der Waals surface area contributed by atoms with Crippen LogP contribution in [-0.4, -0.2) is 18.4 Å². The van der Waals surface area contributed by atoms with Crippen molar-refractivity contribution in [1.82, 2.24) is 5.32 Å². The molecule has 0 aliphatic heterocycles. The van der Waals surface area contributed by atoms with E-state index in [0.29, 0.717) is 6.54 Å². The Bertz CT molecular complexity index is 641. The van der Waals surface area contributed by atoms with E-state index in [1.54, 1.807) is 4.90 Å². The second-order valence-corrected chi connectivity index (χ2v) is 5.34. The van der Waals surface area contributed by atoms with Gasteiger partial charge in [0.1, 0.15) is 0 Å². The van der Waals surface area contributed by atoms with Crippen LogP contribution in [0.4, 0.5) is 5.69 Å². The third-order valence-corrected chi connectivity index (χ3v) is 3.64. The number of hydrogen-bond donors (Lipinski definition) is 1. The number of carbonyl (C=O) groups is 2. The average molecular weight is 310 g/mol. The molecule has 1 atom stereocenters. The Hall–Kier alpha value is -2.62. The molecule has 0 aliphatic carbocycles. The summed E-state index contributed by atoms with van der Waals surface area (Å²) in [5, 5.41) is 2.87. The summed E-state index contributed by atoms with van der Waals surface area (Å²) in [7, 11) is 0. The van der Waals surface area contributed by atoms with Gasteiger partial charge in [0.05, 0.1) is 12.5 Å². The van der Waals surface area contributed by atoms with Crippen molar-refractivity contribution in [3.63, 3.8) is 0 Å². The fraction of sp³-hybridized carbons (Fsp3) is 0.263. The van der Waals surface area contributed by atoms with Gasteiger partial charge < -0.3 is 10.2 Å². The predicted molar refractivity (Wildman–Crippen MR) is 92.1 cm³/mol. The lowest BCUT2D eigenvalue weighted by molar-refractivity contribution is -0.121. The zero-order valence-electron chi connectivity index (χ0n) is 13.5. The van der Waals surface area contributed by atoms with E-state index in [1.165, 1.54) is 6.92 Å². The summed E-state index contributed by atoms with van der Waals surface area (Å²) in [6.07, 6.45) is 0.228. The van der Waals surface area contributed by atoms with Gasteiger partial charge in [-0.25, -0.2) is 0 Å². The van der Waals surface area contributed by atoms with Crippen LogP contribution in [0.15, 0.2) is 60.7 Å². The second kappa shape index (κ2) is 8.13. The van der Waals surface area contributed by atoms with Crippen molar-refractivity contribution in [3.05, 3.63) is 66.2 Å². The third kappa shape index (κ3) is 4.68. The van der Waals surface area contributed by atoms with Crippen molar-refractivity contribution >= 4 is 17.5 Å². The minimum atomic E-state index is -0.320. The Kier molecular flexibility index (Phi) is 5.92. The van der Waals surface area contributed by atoms with Crippen LogP contribution in [0, 0.1) is 0 Å². The second-order valence-electron chi connectivity index (χ2n) is 5.34. The molecule has 4 nitrogen and oxygen atoms in total. The van der Waals surface area contributed by atoms with Gasteiger partial charge in [0, 0.05) is 19.2 Å². The highest BCUT2D eigenvalue weighted by Gasteiger charge is 2.21. The quantitative estimate of drug-likeness (QED) is 0.890. The third-order valence-electron chi connectivity index (χ3n) is 3.64. The Morgan fingerprint density at radius 2 is 1.57 bits per heavy atom. The van der Waals surface area contributed by atoms with E-state index in [9.17, 15) is 9.59 Å². The normalized spacial score (nSPS) is 11.6. The number of amides is 2. The molecule has 0 aliphatic rings. The molecule has 2 rings (SSSR count). The number of nitrogens with zero attached hydrogens (tertiary/aromatic N) is 1. The van der Waals surface area contributed by atoms with E-state index in [-0.39, 0.29) is 24.3 Å². The highest BCUT2D eigenvalue weighted by Crippen LogP contribution is 2.21. The van der Waals surface area contributed by atoms with Gasteiger partial charge in [0.25, 0.3) is 0 Å². The number of rotatable bonds is 6. The maximum atomic E-state index is 12.7. The smallest absolute Gasteiger partial charge is 0.229 e. The molecule has 0 bridgehead atoms. The molecule has 1 unspecified atom stereocenters. The van der Waals surface area contributed by atoms with Crippen molar-refractivity contribution < 1.29 is 9.59 Å². The van der Waals surface area contributed by atoms with Crippen LogP contribution in [0.2, 0.25) is 0 Å². The maximum Gasteiger partial charge on any atom is 0.229 e. The molecule has 120 valence electrons. The molecule has 0 saturated carbocycles. The van der Waals surface area contributed by atoms with Gasteiger partial charge in [0.15, 0.2) is 0 Å². The number of benzene rings is 2.